The number of para-hydroxylation sites is 2. The lowest BCUT2D eigenvalue weighted by atomic mass is 10.2. The Balaban J connectivity index is 2.34. The molecule has 0 bridgehead atoms. The third kappa shape index (κ3) is 1.37. The summed E-state index contributed by atoms with van der Waals surface area (Å²) >= 11 is 1.65. The molecular weight excluding hydrogens is 206 g/mol. The second kappa shape index (κ2) is 3.24. The van der Waals surface area contributed by atoms with Gasteiger partial charge in [-0.3, -0.25) is 4.57 Å². The maximum absolute atomic E-state index is 4.56. The summed E-state index contributed by atoms with van der Waals surface area (Å²) in [6.07, 6.45) is 3.70. The minimum absolute atomic E-state index is 0.999. The summed E-state index contributed by atoms with van der Waals surface area (Å²) in [6.45, 7) is 2.02. The molecule has 0 saturated carbocycles. The second-order valence-electron chi connectivity index (χ2n) is 3.32. The largest absolute Gasteiger partial charge is 0.291 e. The first kappa shape index (κ1) is 8.73. The minimum atomic E-state index is 0.999. The number of hydrogen-bond donors (Lipinski definition) is 0. The molecule has 0 saturated heterocycles. The normalized spacial score (nSPS) is 13.8. The monoisotopic (exact) mass is 215 g/mol. The van der Waals surface area contributed by atoms with E-state index in [-0.39, 0.29) is 0 Å². The van der Waals surface area contributed by atoms with Gasteiger partial charge >= 0.3 is 0 Å². The maximum atomic E-state index is 4.56. The van der Waals surface area contributed by atoms with Crippen molar-refractivity contribution in [2.45, 2.75) is 11.9 Å². The summed E-state index contributed by atoms with van der Waals surface area (Å²) in [5, 5.41) is 2.16. The van der Waals surface area contributed by atoms with Gasteiger partial charge in [-0.1, -0.05) is 23.9 Å². The van der Waals surface area contributed by atoms with Crippen LogP contribution in [-0.2, 0) is 0 Å². The van der Waals surface area contributed by atoms with Crippen LogP contribution in [0.2, 0.25) is 0 Å². The van der Waals surface area contributed by atoms with Gasteiger partial charge in [-0.05, 0) is 19.1 Å². The van der Waals surface area contributed by atoms with E-state index in [9.17, 15) is 0 Å². The van der Waals surface area contributed by atoms with Gasteiger partial charge in [0.2, 0.25) is 0 Å². The number of nitrogens with zero attached hydrogens (tertiary/aromatic N) is 3. The molecule has 0 N–H and O–H groups in total. The smallest absolute Gasteiger partial charge is 0.105 e. The summed E-state index contributed by atoms with van der Waals surface area (Å²) in [6, 6.07) is 8.10. The molecule has 3 nitrogen and oxygen atoms in total. The zero-order valence-electron chi connectivity index (χ0n) is 8.21. The molecule has 2 aromatic rings. The molecule has 1 aromatic heterocycles. The molecule has 0 radical (unpaired) electrons. The quantitative estimate of drug-likeness (QED) is 0.676. The Labute approximate surface area is 91.9 Å². The van der Waals surface area contributed by atoms with Gasteiger partial charge in [0, 0.05) is 0 Å². The van der Waals surface area contributed by atoms with Crippen LogP contribution in [0.3, 0.4) is 0 Å². The zero-order chi connectivity index (χ0) is 10.3. The molecule has 0 unspecified atom stereocenters. The highest BCUT2D eigenvalue weighted by molar-refractivity contribution is 8.13. The van der Waals surface area contributed by atoms with Crippen molar-refractivity contribution in [2.75, 3.05) is 0 Å². The zero-order valence-corrected chi connectivity index (χ0v) is 9.03. The maximum Gasteiger partial charge on any atom is 0.105 e. The molecule has 0 aliphatic carbocycles. The highest BCUT2D eigenvalue weighted by Crippen LogP contribution is 2.33. The number of benzene rings is 1. The van der Waals surface area contributed by atoms with E-state index in [1.165, 1.54) is 0 Å². The Morgan fingerprint density at radius 2 is 2.13 bits per heavy atom. The molecule has 0 spiro atoms. The van der Waals surface area contributed by atoms with Crippen LogP contribution in [0.5, 0.6) is 0 Å². The Bertz CT molecular complexity index is 542. The fraction of sp³-hybridized carbons (Fsp3) is 0.0909. The lowest BCUT2D eigenvalue weighted by molar-refractivity contribution is 0.956. The topological polar surface area (TPSA) is 30.2 Å². The minimum Gasteiger partial charge on any atom is -0.291 e. The number of aromatic nitrogens is 2. The molecule has 1 aliphatic rings. The van der Waals surface area contributed by atoms with Gasteiger partial charge in [0.05, 0.1) is 22.6 Å². The van der Waals surface area contributed by atoms with E-state index in [1.807, 2.05) is 37.6 Å². The molecule has 74 valence electrons. The van der Waals surface area contributed by atoms with Crippen molar-refractivity contribution >= 4 is 22.5 Å². The highest BCUT2D eigenvalue weighted by Gasteiger charge is 2.13. The molecule has 0 amide bonds. The Hall–Kier alpha value is -1.55. The standard InChI is InChI=1S/C11H9N3S/c1-8-13-9-4-2-3-5-10(9)14-7-12-6-11(14)15-8/h2-7H,1H3. The number of hydrogen-bond acceptors (Lipinski definition) is 3. The third-order valence-corrected chi connectivity index (χ3v) is 3.17. The fourth-order valence-corrected chi connectivity index (χ4v) is 2.45. The summed E-state index contributed by atoms with van der Waals surface area (Å²) in [5.41, 5.74) is 2.09. The first-order valence-electron chi connectivity index (χ1n) is 4.69. The molecule has 4 heteroatoms. The van der Waals surface area contributed by atoms with E-state index in [0.717, 1.165) is 21.4 Å². The van der Waals surface area contributed by atoms with Crippen LogP contribution < -0.4 is 0 Å². The highest BCUT2D eigenvalue weighted by atomic mass is 32.2. The molecule has 0 atom stereocenters. The average molecular weight is 215 g/mol. The van der Waals surface area contributed by atoms with E-state index in [1.54, 1.807) is 11.8 Å². The van der Waals surface area contributed by atoms with Crippen molar-refractivity contribution in [1.29, 1.82) is 0 Å². The fourth-order valence-electron chi connectivity index (χ4n) is 1.65. The van der Waals surface area contributed by atoms with Crippen LogP contribution in [-0.4, -0.2) is 14.6 Å². The molecule has 3 rings (SSSR count). The first-order chi connectivity index (χ1) is 7.34. The van der Waals surface area contributed by atoms with E-state index >= 15 is 0 Å². The lowest BCUT2D eigenvalue weighted by Gasteiger charge is -2.05. The van der Waals surface area contributed by atoms with E-state index in [0.29, 0.717) is 0 Å². The number of thioether (sulfide) groups is 1. The van der Waals surface area contributed by atoms with Crippen molar-refractivity contribution in [3.8, 4) is 5.69 Å². The van der Waals surface area contributed by atoms with Crippen molar-refractivity contribution in [1.82, 2.24) is 9.55 Å². The van der Waals surface area contributed by atoms with Crippen molar-refractivity contribution in [3.05, 3.63) is 36.8 Å². The predicted octanol–water partition coefficient (Wildman–Crippen LogP) is 3.03. The van der Waals surface area contributed by atoms with E-state index in [2.05, 4.69) is 20.6 Å². The van der Waals surface area contributed by atoms with Crippen molar-refractivity contribution in [2.24, 2.45) is 4.99 Å². The van der Waals surface area contributed by atoms with Crippen LogP contribution in [0.15, 0.2) is 46.8 Å². The van der Waals surface area contributed by atoms with Gasteiger partial charge in [-0.25, -0.2) is 9.98 Å². The van der Waals surface area contributed by atoms with Crippen molar-refractivity contribution < 1.29 is 0 Å². The van der Waals surface area contributed by atoms with Gasteiger partial charge in [-0.2, -0.15) is 0 Å². The van der Waals surface area contributed by atoms with Gasteiger partial charge in [0.1, 0.15) is 11.4 Å². The number of rotatable bonds is 0. The van der Waals surface area contributed by atoms with Crippen LogP contribution in [0.4, 0.5) is 5.69 Å². The second-order valence-corrected chi connectivity index (χ2v) is 4.54. The lowest BCUT2D eigenvalue weighted by Crippen LogP contribution is -1.92. The van der Waals surface area contributed by atoms with Gasteiger partial charge in [0.15, 0.2) is 0 Å². The van der Waals surface area contributed by atoms with Crippen LogP contribution in [0, 0.1) is 0 Å². The van der Waals surface area contributed by atoms with Crippen LogP contribution >= 0.6 is 11.8 Å². The summed E-state index contributed by atoms with van der Waals surface area (Å²) in [5.74, 6) is 0. The summed E-state index contributed by atoms with van der Waals surface area (Å²) < 4.78 is 2.07. The third-order valence-electron chi connectivity index (χ3n) is 2.28. The molecule has 0 fully saturated rings. The number of aliphatic imine (C=N–C) groups is 1. The average Bonchev–Trinajstić information content (AvgIpc) is 2.62. The van der Waals surface area contributed by atoms with Crippen molar-refractivity contribution in [3.63, 3.8) is 0 Å². The van der Waals surface area contributed by atoms with E-state index in [4.69, 9.17) is 0 Å². The number of fused-ring (bicyclic) bond motifs is 3. The van der Waals surface area contributed by atoms with Gasteiger partial charge in [-0.15, -0.1) is 0 Å². The Kier molecular flexibility index (Phi) is 1.89. The molecule has 1 aliphatic heterocycles. The predicted molar refractivity (Wildman–Crippen MR) is 62.2 cm³/mol. The SMILES string of the molecule is CC1=Nc2ccccc2-n2cncc2S1. The molecule has 15 heavy (non-hydrogen) atoms. The molecular formula is C11H9N3S. The number of imidazole rings is 1. The van der Waals surface area contributed by atoms with Gasteiger partial charge < -0.3 is 0 Å². The Morgan fingerprint density at radius 3 is 3.07 bits per heavy atom. The van der Waals surface area contributed by atoms with Crippen LogP contribution in [0.1, 0.15) is 6.92 Å². The van der Waals surface area contributed by atoms with Crippen LogP contribution in [0.25, 0.3) is 5.69 Å². The first-order valence-corrected chi connectivity index (χ1v) is 5.51. The van der Waals surface area contributed by atoms with Gasteiger partial charge in [0.25, 0.3) is 0 Å². The van der Waals surface area contributed by atoms with E-state index < -0.39 is 0 Å². The molecule has 1 aromatic carbocycles. The Morgan fingerprint density at radius 1 is 1.27 bits per heavy atom. The summed E-state index contributed by atoms with van der Waals surface area (Å²) in [4.78, 5) is 8.72. The summed E-state index contributed by atoms with van der Waals surface area (Å²) in [7, 11) is 0. The molecule has 2 heterocycles.